The van der Waals surface area contributed by atoms with E-state index in [0.29, 0.717) is 18.8 Å². The minimum absolute atomic E-state index is 0.279. The maximum absolute atomic E-state index is 12.0. The van der Waals surface area contributed by atoms with E-state index in [2.05, 4.69) is 13.0 Å². The zero-order valence-corrected chi connectivity index (χ0v) is 19.4. The van der Waals surface area contributed by atoms with E-state index in [1.165, 1.54) is 5.56 Å². The number of esters is 1. The van der Waals surface area contributed by atoms with Gasteiger partial charge < -0.3 is 18.9 Å². The molecule has 2 rings (SSSR count). The van der Waals surface area contributed by atoms with Crippen LogP contribution >= 0.6 is 0 Å². The van der Waals surface area contributed by atoms with E-state index in [0.717, 1.165) is 67.8 Å². The highest BCUT2D eigenvalue weighted by atomic mass is 16.5. The second-order valence-corrected chi connectivity index (χ2v) is 7.46. The molecule has 0 aromatic heterocycles. The highest BCUT2D eigenvalue weighted by Gasteiger charge is 2.11. The van der Waals surface area contributed by atoms with Crippen LogP contribution in [0.25, 0.3) is 0 Å². The maximum atomic E-state index is 12.0. The van der Waals surface area contributed by atoms with Gasteiger partial charge in [-0.1, -0.05) is 38.3 Å². The lowest BCUT2D eigenvalue weighted by molar-refractivity contribution is 0.0526. The molecule has 170 valence electrons. The maximum Gasteiger partial charge on any atom is 0.338 e. The van der Waals surface area contributed by atoms with Crippen LogP contribution in [-0.2, 0) is 17.6 Å². The van der Waals surface area contributed by atoms with Crippen molar-refractivity contribution < 1.29 is 23.7 Å². The molecule has 0 aliphatic carbocycles. The number of aryl methyl sites for hydroxylation is 2. The van der Waals surface area contributed by atoms with Crippen LogP contribution in [0.1, 0.15) is 67.4 Å². The van der Waals surface area contributed by atoms with Gasteiger partial charge in [0.1, 0.15) is 5.75 Å². The average molecular weight is 429 g/mol. The molecule has 0 bridgehead atoms. The van der Waals surface area contributed by atoms with Crippen molar-refractivity contribution in [3.63, 3.8) is 0 Å². The Labute approximate surface area is 186 Å². The number of carbonyl (C=O) groups excluding carboxylic acids is 1. The third-order valence-electron chi connectivity index (χ3n) is 5.17. The first kappa shape index (κ1) is 24.6. The van der Waals surface area contributed by atoms with Crippen LogP contribution in [0.5, 0.6) is 17.2 Å². The fourth-order valence-corrected chi connectivity index (χ4v) is 3.63. The largest absolute Gasteiger partial charge is 0.493 e. The molecule has 0 heterocycles. The van der Waals surface area contributed by atoms with Crippen LogP contribution in [-0.4, -0.2) is 33.4 Å². The molecule has 0 fully saturated rings. The Morgan fingerprint density at radius 3 is 2.35 bits per heavy atom. The molecule has 0 amide bonds. The van der Waals surface area contributed by atoms with Crippen LogP contribution in [0.3, 0.4) is 0 Å². The lowest BCUT2D eigenvalue weighted by Crippen LogP contribution is -2.07. The summed E-state index contributed by atoms with van der Waals surface area (Å²) in [5, 5.41) is 0. The number of ether oxygens (including phenoxy) is 4. The summed E-state index contributed by atoms with van der Waals surface area (Å²) in [6.45, 7) is 5.00. The first-order valence-electron chi connectivity index (χ1n) is 11.3. The van der Waals surface area contributed by atoms with E-state index in [9.17, 15) is 4.79 Å². The van der Waals surface area contributed by atoms with Gasteiger partial charge >= 0.3 is 5.97 Å². The Kier molecular flexibility index (Phi) is 10.8. The molecule has 5 heteroatoms. The first-order valence-corrected chi connectivity index (χ1v) is 11.3. The lowest BCUT2D eigenvalue weighted by Gasteiger charge is -2.13. The van der Waals surface area contributed by atoms with Crippen molar-refractivity contribution in [2.75, 3.05) is 27.4 Å². The van der Waals surface area contributed by atoms with Gasteiger partial charge in [-0.3, -0.25) is 0 Å². The number of hydrogen-bond acceptors (Lipinski definition) is 5. The summed E-state index contributed by atoms with van der Waals surface area (Å²) in [7, 11) is 3.35. The third kappa shape index (κ3) is 7.50. The second kappa shape index (κ2) is 13.6. The molecule has 0 spiro atoms. The number of methoxy groups -OCH3 is 2. The van der Waals surface area contributed by atoms with Crippen molar-refractivity contribution in [3.8, 4) is 17.2 Å². The van der Waals surface area contributed by atoms with Gasteiger partial charge in [-0.25, -0.2) is 4.79 Å². The Hall–Kier alpha value is -2.69. The Bertz CT molecular complexity index is 815. The van der Waals surface area contributed by atoms with E-state index in [1.54, 1.807) is 20.3 Å². The van der Waals surface area contributed by atoms with Gasteiger partial charge in [0, 0.05) is 0 Å². The zero-order chi connectivity index (χ0) is 22.5. The van der Waals surface area contributed by atoms with E-state index < -0.39 is 0 Å². The lowest BCUT2D eigenvalue weighted by atomic mass is 10.0. The van der Waals surface area contributed by atoms with Crippen LogP contribution in [0.4, 0.5) is 0 Å². The molecule has 0 aliphatic rings. The summed E-state index contributed by atoms with van der Waals surface area (Å²) >= 11 is 0. The van der Waals surface area contributed by atoms with Gasteiger partial charge in [-0.15, -0.1) is 0 Å². The number of benzene rings is 2. The van der Waals surface area contributed by atoms with Gasteiger partial charge in [0.25, 0.3) is 0 Å². The van der Waals surface area contributed by atoms with Gasteiger partial charge in [0.15, 0.2) is 11.5 Å². The molecule has 5 nitrogen and oxygen atoms in total. The predicted octanol–water partition coefficient (Wildman–Crippen LogP) is 6.01. The second-order valence-electron chi connectivity index (χ2n) is 7.46. The Morgan fingerprint density at radius 1 is 0.839 bits per heavy atom. The van der Waals surface area contributed by atoms with Crippen LogP contribution in [0.15, 0.2) is 36.4 Å². The number of hydrogen-bond donors (Lipinski definition) is 0. The smallest absolute Gasteiger partial charge is 0.338 e. The number of unbranched alkanes of at least 4 members (excludes halogenated alkanes) is 3. The van der Waals surface area contributed by atoms with E-state index in [4.69, 9.17) is 18.9 Å². The van der Waals surface area contributed by atoms with Gasteiger partial charge in [-0.2, -0.15) is 0 Å². The van der Waals surface area contributed by atoms with Crippen LogP contribution in [0.2, 0.25) is 0 Å². The van der Waals surface area contributed by atoms with Gasteiger partial charge in [-0.05, 0) is 68.0 Å². The van der Waals surface area contributed by atoms with Crippen molar-refractivity contribution in [3.05, 3.63) is 53.1 Å². The highest BCUT2D eigenvalue weighted by Crippen LogP contribution is 2.31. The molecule has 0 unspecified atom stereocenters. The van der Waals surface area contributed by atoms with Crippen molar-refractivity contribution in [1.29, 1.82) is 0 Å². The third-order valence-corrected chi connectivity index (χ3v) is 5.17. The molecular weight excluding hydrogens is 392 g/mol. The van der Waals surface area contributed by atoms with Crippen LogP contribution < -0.4 is 14.2 Å². The Balaban J connectivity index is 1.77. The minimum Gasteiger partial charge on any atom is -0.493 e. The molecule has 2 aromatic carbocycles. The molecular formula is C26H36O5. The molecule has 31 heavy (non-hydrogen) atoms. The van der Waals surface area contributed by atoms with E-state index >= 15 is 0 Å². The molecule has 0 aliphatic heterocycles. The quantitative estimate of drug-likeness (QED) is 0.272. The summed E-state index contributed by atoms with van der Waals surface area (Å²) < 4.78 is 22.0. The zero-order valence-electron chi connectivity index (χ0n) is 19.4. The molecule has 0 radical (unpaired) electrons. The van der Waals surface area contributed by atoms with Crippen molar-refractivity contribution in [2.24, 2.45) is 0 Å². The van der Waals surface area contributed by atoms with Gasteiger partial charge in [0.2, 0.25) is 0 Å². The van der Waals surface area contributed by atoms with Crippen LogP contribution in [0, 0.1) is 0 Å². The molecule has 0 saturated carbocycles. The van der Waals surface area contributed by atoms with Gasteiger partial charge in [0.05, 0.1) is 33.0 Å². The van der Waals surface area contributed by atoms with Crippen molar-refractivity contribution in [1.82, 2.24) is 0 Å². The molecule has 0 atom stereocenters. The summed E-state index contributed by atoms with van der Waals surface area (Å²) in [5.41, 5.74) is 2.84. The highest BCUT2D eigenvalue weighted by molar-refractivity contribution is 5.89. The number of carbonyl (C=O) groups is 1. The minimum atomic E-state index is -0.279. The predicted molar refractivity (Wildman–Crippen MR) is 124 cm³/mol. The number of rotatable bonds is 14. The van der Waals surface area contributed by atoms with E-state index in [-0.39, 0.29) is 5.97 Å². The molecule has 2 aromatic rings. The van der Waals surface area contributed by atoms with Crippen molar-refractivity contribution >= 4 is 5.97 Å². The van der Waals surface area contributed by atoms with E-state index in [1.807, 2.05) is 31.2 Å². The monoisotopic (exact) mass is 428 g/mol. The normalized spacial score (nSPS) is 10.6. The summed E-state index contributed by atoms with van der Waals surface area (Å²) in [6.07, 6.45) is 7.18. The van der Waals surface area contributed by atoms with Crippen molar-refractivity contribution in [2.45, 2.75) is 58.8 Å². The average Bonchev–Trinajstić information content (AvgIpc) is 2.79. The molecule has 0 saturated heterocycles. The fraction of sp³-hybridized carbons (Fsp3) is 0.500. The Morgan fingerprint density at radius 2 is 1.65 bits per heavy atom. The fourth-order valence-electron chi connectivity index (χ4n) is 3.63. The topological polar surface area (TPSA) is 54.0 Å². The number of para-hydroxylation sites is 1. The summed E-state index contributed by atoms with van der Waals surface area (Å²) in [4.78, 5) is 12.0. The first-order chi connectivity index (χ1) is 15.1. The standard InChI is InChI=1S/C26H36O5/c1-5-12-21-19-22(26(27)30-6-2)16-17-23(21)31-18-10-8-7-9-13-20-14-11-15-24(28-3)25(20)29-4/h11,14-17,19H,5-10,12-13,18H2,1-4H3. The molecule has 0 N–H and O–H groups in total. The summed E-state index contributed by atoms with van der Waals surface area (Å²) in [6, 6.07) is 11.6. The summed E-state index contributed by atoms with van der Waals surface area (Å²) in [5.74, 6) is 2.21. The SMILES string of the molecule is CCCc1cc(C(=O)OCC)ccc1OCCCCCCc1cccc(OC)c1OC.